The van der Waals surface area contributed by atoms with E-state index in [4.69, 9.17) is 10.2 Å². The van der Waals surface area contributed by atoms with Gasteiger partial charge in [0.1, 0.15) is 0 Å². The van der Waals surface area contributed by atoms with Crippen LogP contribution < -0.4 is 0 Å². The van der Waals surface area contributed by atoms with Gasteiger partial charge in [0.25, 0.3) is 0 Å². The molecular weight excluding hydrogens is 358 g/mol. The Hall–Kier alpha value is -2.92. The van der Waals surface area contributed by atoms with Crippen LogP contribution >= 0.6 is 0 Å². The Labute approximate surface area is 173 Å². The fourth-order valence-corrected chi connectivity index (χ4v) is 3.76. The van der Waals surface area contributed by atoms with Gasteiger partial charge in [0.2, 0.25) is 0 Å². The Kier molecular flexibility index (Phi) is 5.76. The van der Waals surface area contributed by atoms with Gasteiger partial charge in [0.05, 0.1) is 23.3 Å². The summed E-state index contributed by atoms with van der Waals surface area (Å²) in [6, 6.07) is 19.1. The normalized spacial score (nSPS) is 15.3. The lowest BCUT2D eigenvalue weighted by atomic mass is 10.1. The summed E-state index contributed by atoms with van der Waals surface area (Å²) in [6.45, 7) is 11.3. The molecule has 2 heterocycles. The fraction of sp³-hybridized carbons (Fsp3) is 0.333. The molecule has 0 radical (unpaired) electrons. The monoisotopic (exact) mass is 387 g/mol. The zero-order valence-electron chi connectivity index (χ0n) is 17.5. The average Bonchev–Trinajstić information content (AvgIpc) is 3.03. The van der Waals surface area contributed by atoms with Crippen LogP contribution in [0.1, 0.15) is 28.1 Å². The maximum absolute atomic E-state index is 4.76. The van der Waals surface area contributed by atoms with E-state index in [2.05, 4.69) is 60.2 Å². The van der Waals surface area contributed by atoms with Crippen molar-refractivity contribution in [2.24, 2.45) is 5.10 Å². The van der Waals surface area contributed by atoms with Gasteiger partial charge in [0.15, 0.2) is 0 Å². The Bertz CT molecular complexity index is 965. The van der Waals surface area contributed by atoms with Gasteiger partial charge in [-0.2, -0.15) is 10.2 Å². The van der Waals surface area contributed by atoms with Gasteiger partial charge in [-0.15, -0.1) is 0 Å². The van der Waals surface area contributed by atoms with Gasteiger partial charge in [-0.25, -0.2) is 4.68 Å². The Balaban J connectivity index is 1.37. The van der Waals surface area contributed by atoms with Crippen molar-refractivity contribution < 1.29 is 0 Å². The van der Waals surface area contributed by atoms with Crippen molar-refractivity contribution in [1.82, 2.24) is 19.7 Å². The van der Waals surface area contributed by atoms with E-state index in [0.717, 1.165) is 55.4 Å². The number of aromatic nitrogens is 2. The second-order valence-electron chi connectivity index (χ2n) is 7.79. The highest BCUT2D eigenvalue weighted by Crippen LogP contribution is 2.17. The van der Waals surface area contributed by atoms with E-state index in [1.54, 1.807) is 0 Å². The molecule has 2 aromatic carbocycles. The molecule has 1 aliphatic rings. The van der Waals surface area contributed by atoms with E-state index in [1.807, 2.05) is 36.0 Å². The second-order valence-corrected chi connectivity index (χ2v) is 7.79. The number of hydrazone groups is 1. The van der Waals surface area contributed by atoms with E-state index >= 15 is 0 Å². The van der Waals surface area contributed by atoms with Crippen LogP contribution in [-0.4, -0.2) is 52.1 Å². The van der Waals surface area contributed by atoms with E-state index in [9.17, 15) is 0 Å². The first-order valence-electron chi connectivity index (χ1n) is 10.3. The molecule has 1 aromatic heterocycles. The summed E-state index contributed by atoms with van der Waals surface area (Å²) in [5, 5.41) is 11.6. The number of piperazine rings is 1. The zero-order valence-corrected chi connectivity index (χ0v) is 17.5. The molecule has 0 unspecified atom stereocenters. The fourth-order valence-electron chi connectivity index (χ4n) is 3.76. The maximum Gasteiger partial charge on any atom is 0.0689 e. The third-order valence-corrected chi connectivity index (χ3v) is 5.57. The highest BCUT2D eigenvalue weighted by Gasteiger charge is 2.16. The van der Waals surface area contributed by atoms with E-state index < -0.39 is 0 Å². The third-order valence-electron chi connectivity index (χ3n) is 5.57. The van der Waals surface area contributed by atoms with Gasteiger partial charge in [0, 0.05) is 38.3 Å². The van der Waals surface area contributed by atoms with E-state index in [0.29, 0.717) is 0 Å². The molecule has 0 atom stereocenters. The van der Waals surface area contributed by atoms with Gasteiger partial charge in [-0.3, -0.25) is 9.91 Å². The zero-order chi connectivity index (χ0) is 20.2. The molecule has 0 aliphatic carbocycles. The summed E-state index contributed by atoms with van der Waals surface area (Å²) in [5.41, 5.74) is 7.01. The van der Waals surface area contributed by atoms with Crippen LogP contribution in [0.3, 0.4) is 0 Å². The Morgan fingerprint density at radius 1 is 0.897 bits per heavy atom. The lowest BCUT2D eigenvalue weighted by Gasteiger charge is -2.33. The maximum atomic E-state index is 4.76. The number of benzene rings is 2. The van der Waals surface area contributed by atoms with Crippen LogP contribution in [0.5, 0.6) is 0 Å². The molecule has 0 N–H and O–H groups in total. The topological polar surface area (TPSA) is 36.7 Å². The molecule has 1 saturated heterocycles. The molecule has 4 rings (SSSR count). The molecule has 1 aliphatic heterocycles. The summed E-state index contributed by atoms with van der Waals surface area (Å²) in [5.74, 6) is 0. The minimum atomic E-state index is 0.952. The van der Waals surface area contributed by atoms with Gasteiger partial charge in [-0.1, -0.05) is 48.0 Å². The summed E-state index contributed by atoms with van der Waals surface area (Å²) < 4.78 is 2.00. The van der Waals surface area contributed by atoms with Crippen LogP contribution in [0.2, 0.25) is 0 Å². The first kappa shape index (κ1) is 19.4. The number of aryl methyl sites for hydroxylation is 2. The number of nitrogens with zero attached hydrogens (tertiary/aromatic N) is 5. The molecule has 5 nitrogen and oxygen atoms in total. The van der Waals surface area contributed by atoms with Crippen LogP contribution in [0, 0.1) is 20.8 Å². The molecule has 5 heteroatoms. The quantitative estimate of drug-likeness (QED) is 0.622. The van der Waals surface area contributed by atoms with Crippen LogP contribution in [0.4, 0.5) is 0 Å². The minimum absolute atomic E-state index is 0.952. The number of rotatable bonds is 5. The molecule has 0 spiro atoms. The summed E-state index contributed by atoms with van der Waals surface area (Å²) >= 11 is 0. The molecule has 0 saturated carbocycles. The molecular formula is C24H29N5. The van der Waals surface area contributed by atoms with E-state index in [-0.39, 0.29) is 0 Å². The van der Waals surface area contributed by atoms with Crippen molar-refractivity contribution in [2.45, 2.75) is 27.3 Å². The van der Waals surface area contributed by atoms with Crippen molar-refractivity contribution in [3.63, 3.8) is 0 Å². The van der Waals surface area contributed by atoms with Crippen molar-refractivity contribution in [3.05, 3.63) is 82.7 Å². The van der Waals surface area contributed by atoms with Crippen LogP contribution in [-0.2, 0) is 6.54 Å². The molecule has 0 bridgehead atoms. The summed E-state index contributed by atoms with van der Waals surface area (Å²) in [7, 11) is 0. The lowest BCUT2D eigenvalue weighted by Crippen LogP contribution is -2.43. The number of hydrogen-bond donors (Lipinski definition) is 0. The summed E-state index contributed by atoms with van der Waals surface area (Å²) in [4.78, 5) is 2.50. The molecule has 3 aromatic rings. The van der Waals surface area contributed by atoms with E-state index in [1.165, 1.54) is 11.1 Å². The number of hydrogen-bond acceptors (Lipinski definition) is 4. The van der Waals surface area contributed by atoms with Gasteiger partial charge in [-0.05, 0) is 38.5 Å². The highest BCUT2D eigenvalue weighted by molar-refractivity contribution is 5.82. The first-order chi connectivity index (χ1) is 14.1. The smallest absolute Gasteiger partial charge is 0.0689 e. The van der Waals surface area contributed by atoms with Crippen molar-refractivity contribution >= 4 is 6.21 Å². The lowest BCUT2D eigenvalue weighted by molar-refractivity contribution is 0.131. The number of para-hydroxylation sites is 1. The minimum Gasteiger partial charge on any atom is -0.295 e. The molecule has 1 fully saturated rings. The Morgan fingerprint density at radius 2 is 1.59 bits per heavy atom. The SMILES string of the molecule is Cc1ccc(CN2CCN(N=Cc3c(C)nn(-c4ccccc4)c3C)CC2)cc1. The van der Waals surface area contributed by atoms with Gasteiger partial charge >= 0.3 is 0 Å². The first-order valence-corrected chi connectivity index (χ1v) is 10.3. The molecule has 0 amide bonds. The summed E-state index contributed by atoms with van der Waals surface area (Å²) in [6.07, 6.45) is 1.98. The second kappa shape index (κ2) is 8.62. The van der Waals surface area contributed by atoms with Crippen molar-refractivity contribution in [1.29, 1.82) is 0 Å². The average molecular weight is 388 g/mol. The van der Waals surface area contributed by atoms with Crippen LogP contribution in [0.15, 0.2) is 59.7 Å². The highest BCUT2D eigenvalue weighted by atomic mass is 15.5. The van der Waals surface area contributed by atoms with Crippen molar-refractivity contribution in [2.75, 3.05) is 26.2 Å². The Morgan fingerprint density at radius 3 is 2.28 bits per heavy atom. The van der Waals surface area contributed by atoms with Crippen molar-refractivity contribution in [3.8, 4) is 5.69 Å². The van der Waals surface area contributed by atoms with Crippen LogP contribution in [0.25, 0.3) is 5.69 Å². The predicted octanol–water partition coefficient (Wildman–Crippen LogP) is 3.95. The largest absolute Gasteiger partial charge is 0.295 e. The standard InChI is InChI=1S/C24H29N5/c1-19-9-11-22(12-10-19)18-27-13-15-28(16-14-27)25-17-24-20(2)26-29(21(24)3)23-7-5-4-6-8-23/h4-12,17H,13-16,18H2,1-3H3. The molecule has 29 heavy (non-hydrogen) atoms. The third kappa shape index (κ3) is 4.57. The predicted molar refractivity (Wildman–Crippen MR) is 119 cm³/mol. The molecule has 150 valence electrons. The van der Waals surface area contributed by atoms with Gasteiger partial charge < -0.3 is 0 Å².